The number of hydrogen-bond donors (Lipinski definition) is 3. The van der Waals surface area contributed by atoms with Gasteiger partial charge in [0.15, 0.2) is 5.76 Å². The maximum atomic E-state index is 11.7. The van der Waals surface area contributed by atoms with Gasteiger partial charge in [0.05, 0.1) is 5.75 Å². The first-order valence-electron chi connectivity index (χ1n) is 5.30. The molecule has 0 radical (unpaired) electrons. The van der Waals surface area contributed by atoms with Crippen molar-refractivity contribution in [1.82, 2.24) is 5.32 Å². The van der Waals surface area contributed by atoms with Gasteiger partial charge >= 0.3 is 5.97 Å². The molecule has 0 aromatic carbocycles. The van der Waals surface area contributed by atoms with Crippen LogP contribution in [0.25, 0.3) is 0 Å². The fraction of sp³-hybridized carbons (Fsp3) is 0.455. The van der Waals surface area contributed by atoms with E-state index >= 15 is 0 Å². The summed E-state index contributed by atoms with van der Waals surface area (Å²) >= 11 is 1.55. The van der Waals surface area contributed by atoms with Crippen molar-refractivity contribution in [3.63, 3.8) is 0 Å². The van der Waals surface area contributed by atoms with Gasteiger partial charge in [-0.15, -0.1) is 0 Å². The molecule has 1 heterocycles. The molecule has 0 spiro atoms. The first kappa shape index (κ1) is 14.6. The highest BCUT2D eigenvalue weighted by molar-refractivity contribution is 7.97. The number of rotatable bonds is 7. The molecule has 1 rings (SSSR count). The molecule has 100 valence electrons. The molecule has 0 fully saturated rings. The van der Waals surface area contributed by atoms with E-state index in [1.54, 1.807) is 17.8 Å². The average Bonchev–Trinajstić information content (AvgIpc) is 2.77. The molecule has 1 unspecified atom stereocenters. The molecular weight excluding hydrogens is 258 g/mol. The third-order valence-corrected chi connectivity index (χ3v) is 2.77. The zero-order valence-corrected chi connectivity index (χ0v) is 10.7. The van der Waals surface area contributed by atoms with Gasteiger partial charge in [0.2, 0.25) is 0 Å². The molecule has 1 amide bonds. The Morgan fingerprint density at radius 1 is 1.50 bits per heavy atom. The highest BCUT2D eigenvalue weighted by Crippen LogP contribution is 2.13. The summed E-state index contributed by atoms with van der Waals surface area (Å²) in [5.74, 6) is -0.409. The minimum absolute atomic E-state index is 0.0422. The number of nitrogens with one attached hydrogen (secondary N) is 1. The van der Waals surface area contributed by atoms with Crippen LogP contribution in [0, 0.1) is 0 Å². The Balaban J connectivity index is 2.64. The maximum Gasteiger partial charge on any atom is 0.326 e. The molecule has 1 aromatic rings. The van der Waals surface area contributed by atoms with Gasteiger partial charge in [-0.25, -0.2) is 4.79 Å². The SMILES string of the molecule is CSCc1ccc(C(=O)NC(CCO)C(=O)O)o1. The number of carbonyl (C=O) groups excluding carboxylic acids is 1. The van der Waals surface area contributed by atoms with Gasteiger partial charge in [-0.2, -0.15) is 11.8 Å². The monoisotopic (exact) mass is 273 g/mol. The molecule has 3 N–H and O–H groups in total. The lowest BCUT2D eigenvalue weighted by Crippen LogP contribution is -2.41. The zero-order valence-electron chi connectivity index (χ0n) is 9.88. The van der Waals surface area contributed by atoms with Crippen LogP contribution in [0.15, 0.2) is 16.5 Å². The minimum atomic E-state index is -1.19. The van der Waals surface area contributed by atoms with E-state index in [4.69, 9.17) is 14.6 Å². The molecule has 18 heavy (non-hydrogen) atoms. The van der Waals surface area contributed by atoms with Gasteiger partial charge in [0.25, 0.3) is 5.91 Å². The van der Waals surface area contributed by atoms with Crippen LogP contribution in [0.3, 0.4) is 0 Å². The number of furan rings is 1. The third-order valence-electron chi connectivity index (χ3n) is 2.19. The van der Waals surface area contributed by atoms with Crippen LogP contribution in [0.5, 0.6) is 0 Å². The molecule has 0 aliphatic rings. The lowest BCUT2D eigenvalue weighted by atomic mass is 10.2. The van der Waals surface area contributed by atoms with Gasteiger partial charge in [-0.3, -0.25) is 4.79 Å². The standard InChI is InChI=1S/C11H15NO5S/c1-18-6-7-2-3-9(17-7)10(14)12-8(4-5-13)11(15)16/h2-3,8,13H,4-6H2,1H3,(H,12,14)(H,15,16). The second-order valence-corrected chi connectivity index (χ2v) is 4.44. The van der Waals surface area contributed by atoms with E-state index < -0.39 is 17.9 Å². The van der Waals surface area contributed by atoms with Crippen molar-refractivity contribution in [2.45, 2.75) is 18.2 Å². The Morgan fingerprint density at radius 2 is 2.22 bits per heavy atom. The minimum Gasteiger partial charge on any atom is -0.480 e. The Kier molecular flexibility index (Phi) is 5.73. The summed E-state index contributed by atoms with van der Waals surface area (Å²) in [5.41, 5.74) is 0. The van der Waals surface area contributed by atoms with E-state index in [1.165, 1.54) is 6.07 Å². The predicted octanol–water partition coefficient (Wildman–Crippen LogP) is 0.708. The van der Waals surface area contributed by atoms with E-state index in [0.29, 0.717) is 11.5 Å². The van der Waals surface area contributed by atoms with Crippen LogP contribution in [0.1, 0.15) is 22.7 Å². The number of aliphatic hydroxyl groups is 1. The fourth-order valence-electron chi connectivity index (χ4n) is 1.34. The molecule has 0 saturated carbocycles. The van der Waals surface area contributed by atoms with Crippen molar-refractivity contribution < 1.29 is 24.2 Å². The molecule has 0 bridgehead atoms. The number of aliphatic hydroxyl groups excluding tert-OH is 1. The van der Waals surface area contributed by atoms with Gasteiger partial charge in [-0.1, -0.05) is 0 Å². The Labute approximate surface area is 108 Å². The van der Waals surface area contributed by atoms with Gasteiger partial charge in [0.1, 0.15) is 11.8 Å². The lowest BCUT2D eigenvalue weighted by Gasteiger charge is -2.11. The smallest absolute Gasteiger partial charge is 0.326 e. The highest BCUT2D eigenvalue weighted by atomic mass is 32.2. The summed E-state index contributed by atoms with van der Waals surface area (Å²) in [6.07, 6.45) is 1.86. The van der Waals surface area contributed by atoms with E-state index in [1.807, 2.05) is 6.26 Å². The number of amides is 1. The number of aliphatic carboxylic acids is 1. The molecule has 1 aromatic heterocycles. The highest BCUT2D eigenvalue weighted by Gasteiger charge is 2.21. The number of carboxylic acids is 1. The number of carboxylic acid groups (broad SMARTS) is 1. The number of hydrogen-bond acceptors (Lipinski definition) is 5. The summed E-state index contributed by atoms with van der Waals surface area (Å²) in [6.45, 7) is -0.312. The summed E-state index contributed by atoms with van der Waals surface area (Å²) < 4.78 is 5.26. The van der Waals surface area contributed by atoms with Crippen LogP contribution in [0.2, 0.25) is 0 Å². The fourth-order valence-corrected chi connectivity index (χ4v) is 1.78. The second kappa shape index (κ2) is 7.07. The Hall–Kier alpha value is -1.47. The van der Waals surface area contributed by atoms with Gasteiger partial charge < -0.3 is 19.9 Å². The lowest BCUT2D eigenvalue weighted by molar-refractivity contribution is -0.139. The molecule has 6 nitrogen and oxygen atoms in total. The maximum absolute atomic E-state index is 11.7. The van der Waals surface area contributed by atoms with E-state index in [-0.39, 0.29) is 18.8 Å². The van der Waals surface area contributed by atoms with Crippen LogP contribution < -0.4 is 5.32 Å². The number of carbonyl (C=O) groups is 2. The van der Waals surface area contributed by atoms with Crippen LogP contribution in [0.4, 0.5) is 0 Å². The molecule has 0 aliphatic heterocycles. The first-order valence-corrected chi connectivity index (χ1v) is 6.70. The Bertz CT molecular complexity index is 417. The topological polar surface area (TPSA) is 99.8 Å². The van der Waals surface area contributed by atoms with Crippen molar-refractivity contribution in [2.24, 2.45) is 0 Å². The van der Waals surface area contributed by atoms with Crippen LogP contribution in [-0.4, -0.2) is 41.0 Å². The Morgan fingerprint density at radius 3 is 2.78 bits per heavy atom. The van der Waals surface area contributed by atoms with Crippen LogP contribution >= 0.6 is 11.8 Å². The molecular formula is C11H15NO5S. The third kappa shape index (κ3) is 4.08. The summed E-state index contributed by atoms with van der Waals surface area (Å²) in [5, 5.41) is 19.8. The molecule has 0 aliphatic carbocycles. The largest absolute Gasteiger partial charge is 0.480 e. The van der Waals surface area contributed by atoms with Crippen molar-refractivity contribution >= 4 is 23.6 Å². The second-order valence-electron chi connectivity index (χ2n) is 3.58. The summed E-state index contributed by atoms with van der Waals surface area (Å²) in [4.78, 5) is 22.5. The summed E-state index contributed by atoms with van der Waals surface area (Å²) in [6, 6.07) is 2.06. The van der Waals surface area contributed by atoms with Crippen molar-refractivity contribution in [3.05, 3.63) is 23.7 Å². The number of thioether (sulfide) groups is 1. The van der Waals surface area contributed by atoms with E-state index in [2.05, 4.69) is 5.32 Å². The normalized spacial score (nSPS) is 12.1. The van der Waals surface area contributed by atoms with Gasteiger partial charge in [0, 0.05) is 13.0 Å². The van der Waals surface area contributed by atoms with Gasteiger partial charge in [-0.05, 0) is 18.4 Å². The van der Waals surface area contributed by atoms with Crippen molar-refractivity contribution in [1.29, 1.82) is 0 Å². The van der Waals surface area contributed by atoms with E-state index in [9.17, 15) is 9.59 Å². The zero-order chi connectivity index (χ0) is 13.5. The average molecular weight is 273 g/mol. The van der Waals surface area contributed by atoms with E-state index in [0.717, 1.165) is 0 Å². The van der Waals surface area contributed by atoms with Crippen molar-refractivity contribution in [3.8, 4) is 0 Å². The first-order chi connectivity index (χ1) is 8.58. The molecule has 7 heteroatoms. The predicted molar refractivity (Wildman–Crippen MR) is 66.5 cm³/mol. The molecule has 0 saturated heterocycles. The quantitative estimate of drug-likeness (QED) is 0.676. The summed E-state index contributed by atoms with van der Waals surface area (Å²) in [7, 11) is 0. The van der Waals surface area contributed by atoms with Crippen LogP contribution in [-0.2, 0) is 10.5 Å². The molecule has 1 atom stereocenters. The van der Waals surface area contributed by atoms with Crippen molar-refractivity contribution in [2.75, 3.05) is 12.9 Å².